The lowest BCUT2D eigenvalue weighted by molar-refractivity contribution is 0.669. The van der Waals surface area contributed by atoms with E-state index in [-0.39, 0.29) is 5.37 Å². The molecule has 0 amide bonds. The van der Waals surface area contributed by atoms with Gasteiger partial charge in [0.05, 0.1) is 22.1 Å². The molecule has 41 heavy (non-hydrogen) atoms. The number of fused-ring (bicyclic) bond motifs is 8. The van der Waals surface area contributed by atoms with Crippen LogP contribution < -0.4 is 5.32 Å². The van der Waals surface area contributed by atoms with Gasteiger partial charge >= 0.3 is 0 Å². The summed E-state index contributed by atoms with van der Waals surface area (Å²) in [5.74, 6) is 0. The molecule has 3 heterocycles. The molecule has 3 nitrogen and oxygen atoms in total. The minimum absolute atomic E-state index is 0.154. The maximum Gasteiger partial charge on any atom is 0.137 e. The van der Waals surface area contributed by atoms with Gasteiger partial charge in [-0.15, -0.1) is 0 Å². The van der Waals surface area contributed by atoms with Crippen molar-refractivity contribution in [3.8, 4) is 16.8 Å². The summed E-state index contributed by atoms with van der Waals surface area (Å²) in [5, 5.41) is 8.83. The predicted molar refractivity (Wildman–Crippen MR) is 172 cm³/mol. The summed E-state index contributed by atoms with van der Waals surface area (Å²) in [6, 6.07) is 47.7. The number of thioether (sulfide) groups is 1. The van der Waals surface area contributed by atoms with E-state index in [1.165, 1.54) is 60.2 Å². The molecule has 0 radical (unpaired) electrons. The van der Waals surface area contributed by atoms with Gasteiger partial charge in [-0.1, -0.05) is 103 Å². The average molecular weight is 545 g/mol. The Balaban J connectivity index is 1.09. The molecule has 0 saturated heterocycles. The second-order valence-electron chi connectivity index (χ2n) is 10.6. The fourth-order valence-electron chi connectivity index (χ4n) is 6.33. The second-order valence-corrected chi connectivity index (χ2v) is 11.7. The van der Waals surface area contributed by atoms with Crippen molar-refractivity contribution in [3.05, 3.63) is 139 Å². The number of rotatable bonds is 3. The van der Waals surface area contributed by atoms with Crippen LogP contribution in [0.5, 0.6) is 0 Å². The Morgan fingerprint density at radius 1 is 0.585 bits per heavy atom. The van der Waals surface area contributed by atoms with E-state index in [1.807, 2.05) is 23.9 Å². The summed E-state index contributed by atoms with van der Waals surface area (Å²) < 4.78 is 8.49. The van der Waals surface area contributed by atoms with Gasteiger partial charge < -0.3 is 14.3 Å². The number of aromatic nitrogens is 1. The first kappa shape index (κ1) is 22.8. The summed E-state index contributed by atoms with van der Waals surface area (Å²) in [7, 11) is 0. The predicted octanol–water partition coefficient (Wildman–Crippen LogP) is 10.6. The molecule has 1 unspecified atom stereocenters. The molecule has 6 aromatic carbocycles. The van der Waals surface area contributed by atoms with Crippen LogP contribution in [0.3, 0.4) is 0 Å². The number of hydrogen-bond donors (Lipinski definition) is 1. The van der Waals surface area contributed by atoms with Gasteiger partial charge in [0, 0.05) is 26.7 Å². The smallest absolute Gasteiger partial charge is 0.137 e. The molecule has 0 bridgehead atoms. The number of anilines is 1. The summed E-state index contributed by atoms with van der Waals surface area (Å²) in [5.41, 5.74) is 10.3. The average Bonchev–Trinajstić information content (AvgIpc) is 3.72. The summed E-state index contributed by atoms with van der Waals surface area (Å²) in [6.45, 7) is 0. The zero-order valence-electron chi connectivity index (χ0n) is 22.0. The highest BCUT2D eigenvalue weighted by atomic mass is 32.2. The lowest BCUT2D eigenvalue weighted by Gasteiger charge is -2.12. The first-order valence-corrected chi connectivity index (χ1v) is 14.8. The maximum absolute atomic E-state index is 6.12. The van der Waals surface area contributed by atoms with Crippen molar-refractivity contribution in [2.75, 3.05) is 5.32 Å². The molecule has 1 atom stereocenters. The summed E-state index contributed by atoms with van der Waals surface area (Å²) in [6.07, 6.45) is 0. The Kier molecular flexibility index (Phi) is 4.89. The first-order valence-electron chi connectivity index (χ1n) is 13.9. The Hall–Kier alpha value is -4.93. The van der Waals surface area contributed by atoms with E-state index in [1.54, 1.807) is 0 Å². The lowest BCUT2D eigenvalue weighted by atomic mass is 10.0. The van der Waals surface area contributed by atoms with Crippen LogP contribution >= 0.6 is 11.8 Å². The lowest BCUT2D eigenvalue weighted by Crippen LogP contribution is -2.01. The van der Waals surface area contributed by atoms with E-state index in [0.717, 1.165) is 16.6 Å². The van der Waals surface area contributed by atoms with Crippen molar-refractivity contribution in [1.82, 2.24) is 4.57 Å². The van der Waals surface area contributed by atoms with Gasteiger partial charge in [-0.05, 0) is 59.2 Å². The summed E-state index contributed by atoms with van der Waals surface area (Å²) in [4.78, 5) is 1.26. The Morgan fingerprint density at radius 3 is 2.20 bits per heavy atom. The molecule has 1 N–H and O–H groups in total. The molecule has 0 spiro atoms. The number of furan rings is 1. The minimum Gasteiger partial charge on any atom is -0.456 e. The number of nitrogens with one attached hydrogen (secondary N) is 1. The molecule has 4 heteroatoms. The molecule has 0 aliphatic carbocycles. The third kappa shape index (κ3) is 3.47. The number of para-hydroxylation sites is 3. The molecular weight excluding hydrogens is 520 g/mol. The fraction of sp³-hybridized carbons (Fsp3) is 0.0270. The van der Waals surface area contributed by atoms with Gasteiger partial charge in [0.2, 0.25) is 0 Å². The van der Waals surface area contributed by atoms with Gasteiger partial charge in [-0.2, -0.15) is 0 Å². The monoisotopic (exact) mass is 544 g/mol. The van der Waals surface area contributed by atoms with Crippen LogP contribution in [0.1, 0.15) is 10.9 Å². The zero-order valence-corrected chi connectivity index (χ0v) is 22.9. The van der Waals surface area contributed by atoms with E-state index in [4.69, 9.17) is 4.42 Å². The molecular formula is C37H24N2OS. The molecule has 0 saturated carbocycles. The SMILES string of the molecule is c1ccc(-n2c3ccccc3c3ccc(-c4ccc(C5Nc6c(ccc7oc8ccccc8c67)S5)cc4)cc32)cc1. The van der Waals surface area contributed by atoms with Gasteiger partial charge in [0.25, 0.3) is 0 Å². The first-order chi connectivity index (χ1) is 20.3. The molecule has 1 aliphatic rings. The van der Waals surface area contributed by atoms with Crippen molar-refractivity contribution in [2.24, 2.45) is 0 Å². The van der Waals surface area contributed by atoms with E-state index in [2.05, 4.69) is 131 Å². The van der Waals surface area contributed by atoms with E-state index in [9.17, 15) is 0 Å². The van der Waals surface area contributed by atoms with Crippen molar-refractivity contribution in [1.29, 1.82) is 0 Å². The molecule has 2 aromatic heterocycles. The van der Waals surface area contributed by atoms with Crippen LogP contribution in [0, 0.1) is 0 Å². The fourth-order valence-corrected chi connectivity index (χ4v) is 7.48. The molecule has 8 aromatic rings. The maximum atomic E-state index is 6.12. The van der Waals surface area contributed by atoms with Crippen molar-refractivity contribution < 1.29 is 4.42 Å². The molecule has 0 fully saturated rings. The van der Waals surface area contributed by atoms with Crippen molar-refractivity contribution in [3.63, 3.8) is 0 Å². The molecule has 9 rings (SSSR count). The third-order valence-electron chi connectivity index (χ3n) is 8.26. The summed E-state index contributed by atoms with van der Waals surface area (Å²) >= 11 is 1.87. The highest BCUT2D eigenvalue weighted by Gasteiger charge is 2.26. The standard InChI is InChI=1S/C37H24N2OS/c1-2-8-26(9-3-1)39-30-12-6-4-10-27(30)28-19-18-25(22-31(28)39)23-14-16-24(17-15-23)37-38-36-34(41-37)21-20-33-35(36)29-11-5-7-13-32(29)40-33/h1-22,37-38H. The van der Waals surface area contributed by atoms with Crippen LogP contribution in [0.4, 0.5) is 5.69 Å². The Labute approximate surface area is 241 Å². The van der Waals surface area contributed by atoms with Crippen LogP contribution in [0.15, 0.2) is 143 Å². The highest BCUT2D eigenvalue weighted by Crippen LogP contribution is 2.51. The van der Waals surface area contributed by atoms with Crippen LogP contribution in [-0.2, 0) is 0 Å². The van der Waals surface area contributed by atoms with E-state index in [0.29, 0.717) is 0 Å². The van der Waals surface area contributed by atoms with Crippen molar-refractivity contribution in [2.45, 2.75) is 10.3 Å². The van der Waals surface area contributed by atoms with Crippen molar-refractivity contribution >= 4 is 61.2 Å². The Bertz CT molecular complexity index is 2260. The van der Waals surface area contributed by atoms with E-state index >= 15 is 0 Å². The van der Waals surface area contributed by atoms with Crippen LogP contribution in [0.25, 0.3) is 60.6 Å². The van der Waals surface area contributed by atoms with Gasteiger partial charge in [-0.25, -0.2) is 0 Å². The number of hydrogen-bond acceptors (Lipinski definition) is 3. The topological polar surface area (TPSA) is 30.1 Å². The van der Waals surface area contributed by atoms with Gasteiger partial charge in [0.1, 0.15) is 16.5 Å². The molecule has 194 valence electrons. The second kappa shape index (κ2) is 8.79. The Morgan fingerprint density at radius 2 is 1.32 bits per heavy atom. The van der Waals surface area contributed by atoms with Crippen LogP contribution in [-0.4, -0.2) is 4.57 Å². The van der Waals surface area contributed by atoms with E-state index < -0.39 is 0 Å². The number of benzene rings is 6. The highest BCUT2D eigenvalue weighted by molar-refractivity contribution is 8.00. The van der Waals surface area contributed by atoms with Gasteiger partial charge in [-0.3, -0.25) is 0 Å². The van der Waals surface area contributed by atoms with Crippen LogP contribution in [0.2, 0.25) is 0 Å². The quantitative estimate of drug-likeness (QED) is 0.240. The minimum atomic E-state index is 0.154. The largest absolute Gasteiger partial charge is 0.456 e. The number of nitrogens with zero attached hydrogens (tertiary/aromatic N) is 1. The third-order valence-corrected chi connectivity index (χ3v) is 9.48. The van der Waals surface area contributed by atoms with Gasteiger partial charge in [0.15, 0.2) is 0 Å². The normalized spacial score (nSPS) is 14.7. The molecule has 1 aliphatic heterocycles. The zero-order chi connectivity index (χ0) is 26.9.